The normalized spacial score (nSPS) is 14.3. The lowest BCUT2D eigenvalue weighted by Gasteiger charge is -2.11. The molecular formula is C16H20N2O3S2. The summed E-state index contributed by atoms with van der Waals surface area (Å²) in [5, 5.41) is 1.35. The average molecular weight is 352 g/mol. The lowest BCUT2D eigenvalue weighted by molar-refractivity contribution is -0.144. The van der Waals surface area contributed by atoms with E-state index in [1.165, 1.54) is 28.6 Å². The third kappa shape index (κ3) is 3.30. The molecular weight excluding hydrogens is 332 g/mol. The molecule has 23 heavy (non-hydrogen) atoms. The van der Waals surface area contributed by atoms with Gasteiger partial charge in [0.1, 0.15) is 4.83 Å². The number of rotatable bonds is 4. The third-order valence-corrected chi connectivity index (χ3v) is 6.03. The lowest BCUT2D eigenvalue weighted by Crippen LogP contribution is -2.21. The molecule has 3 rings (SSSR count). The summed E-state index contributed by atoms with van der Waals surface area (Å²) < 4.78 is 6.68. The molecule has 0 saturated heterocycles. The summed E-state index contributed by atoms with van der Waals surface area (Å²) in [6, 6.07) is 0. The van der Waals surface area contributed by atoms with Crippen molar-refractivity contribution in [2.24, 2.45) is 7.05 Å². The van der Waals surface area contributed by atoms with Crippen molar-refractivity contribution in [1.82, 2.24) is 9.55 Å². The predicted octanol–water partition coefficient (Wildman–Crippen LogP) is 2.92. The first-order chi connectivity index (χ1) is 11.0. The smallest absolute Gasteiger partial charge is 0.316 e. The lowest BCUT2D eigenvalue weighted by atomic mass is 9.97. The Hall–Kier alpha value is -1.34. The standard InChI is InChI=1S/C16H20N2O3S2/c1-9(2)21-12(19)8-22-16-17-14-13(15(20)18(16)3)10-6-4-5-7-11(10)23-14/h9H,4-8H2,1-3H3. The number of thioether (sulfide) groups is 1. The second-order valence-electron chi connectivity index (χ2n) is 5.98. The zero-order valence-corrected chi connectivity index (χ0v) is 15.2. The molecule has 0 fully saturated rings. The van der Waals surface area contributed by atoms with Crippen LogP contribution in [0.5, 0.6) is 0 Å². The van der Waals surface area contributed by atoms with Gasteiger partial charge in [-0.15, -0.1) is 11.3 Å². The monoisotopic (exact) mass is 352 g/mol. The van der Waals surface area contributed by atoms with Crippen molar-refractivity contribution in [2.75, 3.05) is 5.75 Å². The number of carbonyl (C=O) groups is 1. The third-order valence-electron chi connectivity index (χ3n) is 3.84. The fourth-order valence-electron chi connectivity index (χ4n) is 2.82. The van der Waals surface area contributed by atoms with Crippen molar-refractivity contribution >= 4 is 39.3 Å². The summed E-state index contributed by atoms with van der Waals surface area (Å²) in [5.41, 5.74) is 1.19. The van der Waals surface area contributed by atoms with Crippen LogP contribution in [0.3, 0.4) is 0 Å². The minimum absolute atomic E-state index is 0.00544. The minimum atomic E-state index is -0.287. The van der Waals surface area contributed by atoms with Crippen LogP contribution in [0, 0.1) is 0 Å². The molecule has 0 bridgehead atoms. The SMILES string of the molecule is CC(C)OC(=O)CSc1nc2sc3c(c2c(=O)n1C)CCCC3. The first-order valence-corrected chi connectivity index (χ1v) is 9.61. The number of aromatic nitrogens is 2. The van der Waals surface area contributed by atoms with Crippen LogP contribution in [0.15, 0.2) is 9.95 Å². The van der Waals surface area contributed by atoms with Gasteiger partial charge < -0.3 is 4.74 Å². The number of ether oxygens (including phenoxy) is 1. The molecule has 7 heteroatoms. The van der Waals surface area contributed by atoms with Crippen LogP contribution in [0.25, 0.3) is 10.2 Å². The Balaban J connectivity index is 1.92. The van der Waals surface area contributed by atoms with E-state index in [1.807, 2.05) is 13.8 Å². The Morgan fingerprint density at radius 1 is 1.39 bits per heavy atom. The van der Waals surface area contributed by atoms with Gasteiger partial charge in [0.15, 0.2) is 5.16 Å². The summed E-state index contributed by atoms with van der Waals surface area (Å²) in [4.78, 5) is 31.1. The van der Waals surface area contributed by atoms with E-state index in [0.29, 0.717) is 5.16 Å². The predicted molar refractivity (Wildman–Crippen MR) is 93.5 cm³/mol. The van der Waals surface area contributed by atoms with Crippen molar-refractivity contribution in [3.63, 3.8) is 0 Å². The highest BCUT2D eigenvalue weighted by Crippen LogP contribution is 2.34. The maximum absolute atomic E-state index is 12.7. The highest BCUT2D eigenvalue weighted by molar-refractivity contribution is 7.99. The highest BCUT2D eigenvalue weighted by atomic mass is 32.2. The summed E-state index contributed by atoms with van der Waals surface area (Å²) in [6.45, 7) is 3.64. The maximum atomic E-state index is 12.7. The number of thiophene rings is 1. The van der Waals surface area contributed by atoms with Gasteiger partial charge in [-0.25, -0.2) is 4.98 Å². The number of nitrogens with zero attached hydrogens (tertiary/aromatic N) is 2. The van der Waals surface area contributed by atoms with Crippen LogP contribution in [0.1, 0.15) is 37.1 Å². The molecule has 0 N–H and O–H groups in total. The Morgan fingerprint density at radius 3 is 2.87 bits per heavy atom. The molecule has 0 saturated carbocycles. The van der Waals surface area contributed by atoms with E-state index in [4.69, 9.17) is 4.74 Å². The molecule has 2 aromatic rings. The van der Waals surface area contributed by atoms with E-state index in [1.54, 1.807) is 23.0 Å². The fraction of sp³-hybridized carbons (Fsp3) is 0.562. The number of hydrogen-bond acceptors (Lipinski definition) is 6. The molecule has 2 aromatic heterocycles. The summed E-state index contributed by atoms with van der Waals surface area (Å²) in [5.74, 6) is -0.125. The van der Waals surface area contributed by atoms with Crippen LogP contribution in [-0.2, 0) is 29.4 Å². The molecule has 0 radical (unpaired) electrons. The Labute approximate surface area is 143 Å². The molecule has 124 valence electrons. The number of hydrogen-bond donors (Lipinski definition) is 0. The van der Waals surface area contributed by atoms with Crippen molar-refractivity contribution in [3.8, 4) is 0 Å². The van der Waals surface area contributed by atoms with E-state index >= 15 is 0 Å². The number of carbonyl (C=O) groups excluding carboxylic acids is 1. The van der Waals surface area contributed by atoms with Crippen molar-refractivity contribution in [3.05, 3.63) is 20.8 Å². The molecule has 5 nitrogen and oxygen atoms in total. The zero-order valence-electron chi connectivity index (χ0n) is 13.5. The highest BCUT2D eigenvalue weighted by Gasteiger charge is 2.21. The summed E-state index contributed by atoms with van der Waals surface area (Å²) >= 11 is 2.88. The average Bonchev–Trinajstić information content (AvgIpc) is 2.87. The van der Waals surface area contributed by atoms with E-state index in [2.05, 4.69) is 4.98 Å². The number of aryl methyl sites for hydroxylation is 2. The molecule has 1 aliphatic carbocycles. The second-order valence-corrected chi connectivity index (χ2v) is 8.00. The van der Waals surface area contributed by atoms with E-state index < -0.39 is 0 Å². The maximum Gasteiger partial charge on any atom is 0.316 e. The number of fused-ring (bicyclic) bond motifs is 3. The van der Waals surface area contributed by atoms with Gasteiger partial charge in [-0.2, -0.15) is 0 Å². The molecule has 0 amide bonds. The van der Waals surface area contributed by atoms with Crippen LogP contribution >= 0.6 is 23.1 Å². The first-order valence-electron chi connectivity index (χ1n) is 7.81. The van der Waals surface area contributed by atoms with Crippen molar-refractivity contribution in [2.45, 2.75) is 50.8 Å². The molecule has 0 atom stereocenters. The minimum Gasteiger partial charge on any atom is -0.462 e. The van der Waals surface area contributed by atoms with Gasteiger partial charge in [-0.1, -0.05) is 11.8 Å². The van der Waals surface area contributed by atoms with Crippen molar-refractivity contribution in [1.29, 1.82) is 0 Å². The van der Waals surface area contributed by atoms with Gasteiger partial charge >= 0.3 is 5.97 Å². The molecule has 0 aromatic carbocycles. The number of esters is 1. The Morgan fingerprint density at radius 2 is 2.13 bits per heavy atom. The quantitative estimate of drug-likeness (QED) is 0.481. The van der Waals surface area contributed by atoms with E-state index in [-0.39, 0.29) is 23.4 Å². The molecule has 0 spiro atoms. The fourth-order valence-corrected chi connectivity index (χ4v) is 4.87. The van der Waals surface area contributed by atoms with Crippen LogP contribution in [0.2, 0.25) is 0 Å². The zero-order chi connectivity index (χ0) is 16.6. The summed E-state index contributed by atoms with van der Waals surface area (Å²) in [6.07, 6.45) is 4.20. The van der Waals surface area contributed by atoms with E-state index in [0.717, 1.165) is 29.5 Å². The Bertz CT molecular complexity index is 808. The second kappa shape index (κ2) is 6.65. The van der Waals surface area contributed by atoms with Crippen LogP contribution in [-0.4, -0.2) is 27.4 Å². The topological polar surface area (TPSA) is 61.2 Å². The molecule has 1 aliphatic rings. The summed E-state index contributed by atoms with van der Waals surface area (Å²) in [7, 11) is 1.72. The Kier molecular flexibility index (Phi) is 4.77. The van der Waals surface area contributed by atoms with Gasteiger partial charge in [-0.05, 0) is 45.1 Å². The van der Waals surface area contributed by atoms with Crippen LogP contribution < -0.4 is 5.56 Å². The largest absolute Gasteiger partial charge is 0.462 e. The van der Waals surface area contributed by atoms with Gasteiger partial charge in [0.05, 0.1) is 17.2 Å². The van der Waals surface area contributed by atoms with Gasteiger partial charge in [0.2, 0.25) is 0 Å². The van der Waals surface area contributed by atoms with Gasteiger partial charge in [0, 0.05) is 11.9 Å². The molecule has 0 unspecified atom stereocenters. The van der Waals surface area contributed by atoms with Gasteiger partial charge in [0.25, 0.3) is 5.56 Å². The molecule has 0 aliphatic heterocycles. The first kappa shape index (κ1) is 16.5. The molecule has 2 heterocycles. The van der Waals surface area contributed by atoms with Crippen molar-refractivity contribution < 1.29 is 9.53 Å². The van der Waals surface area contributed by atoms with E-state index in [9.17, 15) is 9.59 Å². The van der Waals surface area contributed by atoms with Gasteiger partial charge in [-0.3, -0.25) is 14.2 Å². The van der Waals surface area contributed by atoms with Crippen LogP contribution in [0.4, 0.5) is 0 Å².